The van der Waals surface area contributed by atoms with E-state index in [-0.39, 0.29) is 11.5 Å². The van der Waals surface area contributed by atoms with Gasteiger partial charge in [-0.05, 0) is 33.1 Å². The minimum absolute atomic E-state index is 0.0915. The van der Waals surface area contributed by atoms with Gasteiger partial charge in [0.05, 0.1) is 28.9 Å². The lowest BCUT2D eigenvalue weighted by Crippen LogP contribution is -2.40. The normalized spacial score (nSPS) is 17.4. The van der Waals surface area contributed by atoms with Gasteiger partial charge in [-0.25, -0.2) is 9.97 Å². The molecule has 0 bridgehead atoms. The number of ketones is 1. The van der Waals surface area contributed by atoms with Crippen molar-refractivity contribution in [2.45, 2.75) is 64.9 Å². The number of carbonyl (C=O) groups excluding carboxylic acids is 1. The maximum Gasteiger partial charge on any atom is 0.162 e. The van der Waals surface area contributed by atoms with E-state index in [4.69, 9.17) is 9.97 Å². The quantitative estimate of drug-likeness (QED) is 0.378. The average Bonchev–Trinajstić information content (AvgIpc) is 3.21. The molecule has 0 spiro atoms. The Bertz CT molecular complexity index is 1310. The number of anilines is 1. The number of aryl methyl sites for hydroxylation is 2. The van der Waals surface area contributed by atoms with Crippen LogP contribution in [0.5, 0.6) is 0 Å². The van der Waals surface area contributed by atoms with Crippen LogP contribution < -0.4 is 4.90 Å². The number of fused-ring (bicyclic) bond motifs is 1. The van der Waals surface area contributed by atoms with Gasteiger partial charge in [-0.2, -0.15) is 0 Å². The lowest BCUT2D eigenvalue weighted by atomic mass is 10.00. The second-order valence-corrected chi connectivity index (χ2v) is 10.4. The van der Waals surface area contributed by atoms with E-state index in [2.05, 4.69) is 67.3 Å². The highest BCUT2D eigenvalue weighted by molar-refractivity contribution is 5.98. The molecule has 1 unspecified atom stereocenters. The molecule has 6 heteroatoms. The molecule has 0 saturated carbocycles. The Labute approximate surface area is 218 Å². The van der Waals surface area contributed by atoms with Gasteiger partial charge in [0.2, 0.25) is 0 Å². The molecule has 37 heavy (non-hydrogen) atoms. The molecular formula is C31H35N3O3. The molecule has 2 aliphatic rings. The Morgan fingerprint density at radius 2 is 1.49 bits per heavy atom. The molecule has 6 nitrogen and oxygen atoms in total. The zero-order valence-electron chi connectivity index (χ0n) is 21.7. The van der Waals surface area contributed by atoms with Crippen LogP contribution in [0.2, 0.25) is 0 Å². The predicted octanol–water partition coefficient (Wildman–Crippen LogP) is 5.89. The fourth-order valence-corrected chi connectivity index (χ4v) is 5.26. The average molecular weight is 498 g/mol. The van der Waals surface area contributed by atoms with Crippen LogP contribution in [0.3, 0.4) is 0 Å². The number of benzene rings is 2. The smallest absolute Gasteiger partial charge is 0.162 e. The minimum atomic E-state index is -0.490. The van der Waals surface area contributed by atoms with Crippen molar-refractivity contribution in [2.24, 2.45) is 0 Å². The van der Waals surface area contributed by atoms with E-state index in [1.165, 1.54) is 11.1 Å². The van der Waals surface area contributed by atoms with Crippen molar-refractivity contribution in [1.29, 1.82) is 0 Å². The summed E-state index contributed by atoms with van der Waals surface area (Å²) in [5.74, 6) is 1.22. The van der Waals surface area contributed by atoms with Gasteiger partial charge in [-0.1, -0.05) is 66.1 Å². The van der Waals surface area contributed by atoms with Crippen molar-refractivity contribution >= 4 is 11.6 Å². The first-order valence-corrected chi connectivity index (χ1v) is 13.3. The first kappa shape index (κ1) is 25.2. The molecule has 2 heterocycles. The van der Waals surface area contributed by atoms with Crippen molar-refractivity contribution in [3.05, 3.63) is 76.7 Å². The monoisotopic (exact) mass is 497 g/mol. The highest BCUT2D eigenvalue weighted by Gasteiger charge is 2.28. The Kier molecular flexibility index (Phi) is 7.38. The number of aliphatic hydroxyl groups excluding tert-OH is 2. The van der Waals surface area contributed by atoms with Gasteiger partial charge in [-0.15, -0.1) is 0 Å². The molecule has 192 valence electrons. The fourth-order valence-electron chi connectivity index (χ4n) is 5.26. The summed E-state index contributed by atoms with van der Waals surface area (Å²) in [6, 6.07) is 16.7. The van der Waals surface area contributed by atoms with E-state index >= 15 is 0 Å². The number of Topliss-reactive ketones (excluding diaryl/α,β-unsaturated/α-hetero) is 1. The predicted molar refractivity (Wildman–Crippen MR) is 147 cm³/mol. The third-order valence-electron chi connectivity index (χ3n) is 7.39. The van der Waals surface area contributed by atoms with Crippen molar-refractivity contribution in [3.8, 4) is 22.5 Å². The molecule has 1 aliphatic heterocycles. The van der Waals surface area contributed by atoms with Crippen molar-refractivity contribution in [1.82, 2.24) is 9.97 Å². The molecule has 2 aromatic carbocycles. The Morgan fingerprint density at radius 1 is 0.865 bits per heavy atom. The van der Waals surface area contributed by atoms with Gasteiger partial charge >= 0.3 is 0 Å². The third-order valence-corrected chi connectivity index (χ3v) is 7.39. The molecule has 0 fully saturated rings. The maximum atomic E-state index is 11.9. The molecule has 2 N–H and O–H groups in total. The second-order valence-electron chi connectivity index (χ2n) is 10.4. The minimum Gasteiger partial charge on any atom is -0.512 e. The van der Waals surface area contributed by atoms with E-state index in [9.17, 15) is 15.0 Å². The summed E-state index contributed by atoms with van der Waals surface area (Å²) < 4.78 is 0. The molecule has 0 radical (unpaired) electrons. The van der Waals surface area contributed by atoms with E-state index < -0.39 is 6.10 Å². The van der Waals surface area contributed by atoms with E-state index in [0.717, 1.165) is 59.8 Å². The number of nitrogens with zero attached hydrogens (tertiary/aromatic N) is 3. The number of allylic oxidation sites excluding steroid dienone is 2. The van der Waals surface area contributed by atoms with Crippen molar-refractivity contribution in [3.63, 3.8) is 0 Å². The standard InChI is InChI=1S/C31H35N3O3/c1-20-7-11-22(12-8-20)29-30(23-13-9-21(2)10-14-23)33-31-26(32-29)18-24(35)19-34(31)17-5-3-4-6-25-27(36)15-16-28(25)37/h7-14,24,35-36H,3-6,15-19H2,1-2H3. The van der Waals surface area contributed by atoms with Crippen LogP contribution in [0.4, 0.5) is 5.82 Å². The number of carbonyl (C=O) groups is 1. The highest BCUT2D eigenvalue weighted by atomic mass is 16.3. The van der Waals surface area contributed by atoms with Crippen molar-refractivity contribution in [2.75, 3.05) is 18.0 Å². The van der Waals surface area contributed by atoms with Crippen LogP contribution in [-0.4, -0.2) is 45.2 Å². The van der Waals surface area contributed by atoms with E-state index in [0.29, 0.717) is 37.8 Å². The summed E-state index contributed by atoms with van der Waals surface area (Å²) in [4.78, 5) is 24.3. The van der Waals surface area contributed by atoms with Crippen LogP contribution in [0.15, 0.2) is 59.9 Å². The van der Waals surface area contributed by atoms with Crippen molar-refractivity contribution < 1.29 is 15.0 Å². The third kappa shape index (κ3) is 5.59. The highest BCUT2D eigenvalue weighted by Crippen LogP contribution is 2.35. The lowest BCUT2D eigenvalue weighted by molar-refractivity contribution is -0.115. The number of aliphatic hydroxyl groups is 2. The summed E-state index contributed by atoms with van der Waals surface area (Å²) in [5, 5.41) is 20.6. The van der Waals surface area contributed by atoms with Crippen LogP contribution in [0.25, 0.3) is 22.5 Å². The SMILES string of the molecule is Cc1ccc(-c2nc3c(nc2-c2ccc(C)cc2)N(CCCCCC2=C(O)CCC2=O)CC(O)C3)cc1. The number of β-amino-alcohol motifs (C(OH)–C–C–N with tert-alkyl or cyclic N) is 1. The van der Waals surface area contributed by atoms with E-state index in [1.54, 1.807) is 0 Å². The fraction of sp³-hybridized carbons (Fsp3) is 0.387. The van der Waals surface area contributed by atoms with Gasteiger partial charge in [-0.3, -0.25) is 4.79 Å². The number of unbranched alkanes of at least 4 members (excludes halogenated alkanes) is 2. The molecule has 5 rings (SSSR count). The topological polar surface area (TPSA) is 86.5 Å². The molecule has 1 aliphatic carbocycles. The summed E-state index contributed by atoms with van der Waals surface area (Å²) in [5.41, 5.74) is 7.57. The first-order chi connectivity index (χ1) is 17.9. The summed E-state index contributed by atoms with van der Waals surface area (Å²) in [6.07, 6.45) is 4.28. The van der Waals surface area contributed by atoms with Gasteiger partial charge in [0.25, 0.3) is 0 Å². The number of hydrogen-bond donors (Lipinski definition) is 2. The molecule has 0 amide bonds. The second kappa shape index (κ2) is 10.9. The number of rotatable bonds is 8. The van der Waals surface area contributed by atoms with Gasteiger partial charge in [0.1, 0.15) is 0 Å². The molecule has 0 saturated heterocycles. The summed E-state index contributed by atoms with van der Waals surface area (Å²) >= 11 is 0. The van der Waals surface area contributed by atoms with E-state index in [1.807, 2.05) is 0 Å². The Balaban J connectivity index is 1.39. The van der Waals surface area contributed by atoms with Crippen LogP contribution in [-0.2, 0) is 11.2 Å². The first-order valence-electron chi connectivity index (χ1n) is 13.3. The number of hydrogen-bond acceptors (Lipinski definition) is 6. The maximum absolute atomic E-state index is 11.9. The van der Waals surface area contributed by atoms with Gasteiger partial charge in [0.15, 0.2) is 11.6 Å². The molecule has 1 aromatic heterocycles. The molecular weight excluding hydrogens is 462 g/mol. The van der Waals surface area contributed by atoms with Crippen LogP contribution in [0, 0.1) is 13.8 Å². The van der Waals surface area contributed by atoms with Gasteiger partial charge in [0, 0.05) is 49.1 Å². The Hall–Kier alpha value is -3.51. The van der Waals surface area contributed by atoms with Gasteiger partial charge < -0.3 is 15.1 Å². The van der Waals surface area contributed by atoms with Crippen LogP contribution in [0.1, 0.15) is 55.3 Å². The zero-order valence-corrected chi connectivity index (χ0v) is 21.7. The number of aromatic nitrogens is 2. The summed E-state index contributed by atoms with van der Waals surface area (Å²) in [7, 11) is 0. The van der Waals surface area contributed by atoms with Crippen LogP contribution >= 0.6 is 0 Å². The Morgan fingerprint density at radius 3 is 2.08 bits per heavy atom. The zero-order chi connectivity index (χ0) is 25.9. The lowest BCUT2D eigenvalue weighted by Gasteiger charge is -2.33. The molecule has 1 atom stereocenters. The largest absolute Gasteiger partial charge is 0.512 e. The summed E-state index contributed by atoms with van der Waals surface area (Å²) in [6.45, 7) is 5.44. The molecule has 3 aromatic rings.